The molecule has 2 aromatic rings. The van der Waals surface area contributed by atoms with E-state index in [9.17, 15) is 21.6 Å². The van der Waals surface area contributed by atoms with Crippen molar-refractivity contribution >= 4 is 26.0 Å². The minimum Gasteiger partial charge on any atom is -0.493 e. The highest BCUT2D eigenvalue weighted by molar-refractivity contribution is 7.89. The zero-order valence-electron chi connectivity index (χ0n) is 20.0. The summed E-state index contributed by atoms with van der Waals surface area (Å²) in [5, 5.41) is 2.71. The second-order valence-corrected chi connectivity index (χ2v) is 11.9. The number of sulfonamides is 2. The van der Waals surface area contributed by atoms with Crippen LogP contribution in [0.5, 0.6) is 11.5 Å². The normalized spacial score (nSPS) is 17.1. The Morgan fingerprint density at radius 1 is 0.971 bits per heavy atom. The van der Waals surface area contributed by atoms with E-state index in [4.69, 9.17) is 9.47 Å². The first kappa shape index (κ1) is 26.9. The van der Waals surface area contributed by atoms with Crippen molar-refractivity contribution in [3.63, 3.8) is 0 Å². The predicted molar refractivity (Wildman–Crippen MR) is 130 cm³/mol. The van der Waals surface area contributed by atoms with Crippen LogP contribution in [0.1, 0.15) is 18.4 Å². The fourth-order valence-corrected chi connectivity index (χ4v) is 6.39. The van der Waals surface area contributed by atoms with Crippen LogP contribution < -0.4 is 19.5 Å². The number of nitrogens with one attached hydrogen (secondary N) is 2. The van der Waals surface area contributed by atoms with Crippen LogP contribution in [0, 0.1) is 12.8 Å². The summed E-state index contributed by atoms with van der Waals surface area (Å²) in [6.07, 6.45) is 1.07. The van der Waals surface area contributed by atoms with Crippen molar-refractivity contribution in [2.45, 2.75) is 29.6 Å². The Morgan fingerprint density at radius 2 is 1.63 bits per heavy atom. The van der Waals surface area contributed by atoms with Crippen LogP contribution in [0.2, 0.25) is 0 Å². The number of benzene rings is 2. The molecule has 1 atom stereocenters. The van der Waals surface area contributed by atoms with Gasteiger partial charge in [-0.15, -0.1) is 0 Å². The molecule has 12 heteroatoms. The molecule has 0 aromatic heterocycles. The van der Waals surface area contributed by atoms with Gasteiger partial charge in [0.25, 0.3) is 0 Å². The summed E-state index contributed by atoms with van der Waals surface area (Å²) in [6, 6.07) is 10.8. The predicted octanol–water partition coefficient (Wildman–Crippen LogP) is 1.51. The molecule has 1 aliphatic heterocycles. The van der Waals surface area contributed by atoms with Crippen molar-refractivity contribution in [2.75, 3.05) is 40.4 Å². The molecule has 0 saturated carbocycles. The molecule has 1 unspecified atom stereocenters. The van der Waals surface area contributed by atoms with Crippen LogP contribution in [0.15, 0.2) is 52.3 Å². The van der Waals surface area contributed by atoms with Crippen LogP contribution in [0.25, 0.3) is 0 Å². The summed E-state index contributed by atoms with van der Waals surface area (Å²) in [6.45, 7) is 2.31. The van der Waals surface area contributed by atoms with E-state index in [1.54, 1.807) is 12.1 Å². The number of carbonyl (C=O) groups is 1. The van der Waals surface area contributed by atoms with Gasteiger partial charge in [0.15, 0.2) is 11.5 Å². The van der Waals surface area contributed by atoms with E-state index in [2.05, 4.69) is 10.0 Å². The number of ether oxygens (including phenoxy) is 2. The molecular weight excluding hydrogens is 494 g/mol. The molecule has 2 N–H and O–H groups in total. The van der Waals surface area contributed by atoms with Crippen LogP contribution >= 0.6 is 0 Å². The monoisotopic (exact) mass is 525 g/mol. The van der Waals surface area contributed by atoms with Crippen molar-refractivity contribution in [3.05, 3.63) is 48.0 Å². The topological polar surface area (TPSA) is 131 Å². The van der Waals surface area contributed by atoms with Gasteiger partial charge >= 0.3 is 0 Å². The van der Waals surface area contributed by atoms with Gasteiger partial charge in [-0.3, -0.25) is 4.79 Å². The molecular formula is C23H31N3O7S2. The van der Waals surface area contributed by atoms with Gasteiger partial charge in [-0.05, 0) is 44.0 Å². The standard InChI is InChI=1S/C23H31N3O7S2/c1-17-6-8-19(9-7-17)34(28,29)25-13-12-24-23(27)18-5-4-14-26(16-18)35(30,31)20-10-11-21(32-2)22(15-20)33-3/h6-11,15,18,25H,4-5,12-14,16H2,1-3H3,(H,24,27). The smallest absolute Gasteiger partial charge is 0.243 e. The Bertz CT molecular complexity index is 1250. The summed E-state index contributed by atoms with van der Waals surface area (Å²) in [4.78, 5) is 12.9. The van der Waals surface area contributed by atoms with Crippen LogP contribution in [-0.2, 0) is 24.8 Å². The highest BCUT2D eigenvalue weighted by atomic mass is 32.2. The average molecular weight is 526 g/mol. The fraction of sp³-hybridized carbons (Fsp3) is 0.435. The minimum atomic E-state index is -3.84. The minimum absolute atomic E-state index is 0.0162. The van der Waals surface area contributed by atoms with Crippen molar-refractivity contribution in [1.29, 1.82) is 0 Å². The Kier molecular flexibility index (Phi) is 8.75. The van der Waals surface area contributed by atoms with Crippen LogP contribution in [0.3, 0.4) is 0 Å². The third-order valence-electron chi connectivity index (χ3n) is 5.80. The number of aryl methyl sites for hydroxylation is 1. The summed E-state index contributed by atoms with van der Waals surface area (Å²) in [7, 11) is -4.62. The molecule has 192 valence electrons. The summed E-state index contributed by atoms with van der Waals surface area (Å²) >= 11 is 0. The molecule has 1 amide bonds. The van der Waals surface area contributed by atoms with Crippen molar-refractivity contribution < 1.29 is 31.1 Å². The molecule has 1 heterocycles. The average Bonchev–Trinajstić information content (AvgIpc) is 2.86. The molecule has 1 fully saturated rings. The largest absolute Gasteiger partial charge is 0.493 e. The van der Waals surface area contributed by atoms with Crippen LogP contribution in [-0.4, -0.2) is 67.4 Å². The number of hydrogen-bond donors (Lipinski definition) is 2. The molecule has 1 saturated heterocycles. The second kappa shape index (κ2) is 11.4. The zero-order chi connectivity index (χ0) is 25.6. The lowest BCUT2D eigenvalue weighted by Gasteiger charge is -2.31. The van der Waals surface area contributed by atoms with Gasteiger partial charge in [0.1, 0.15) is 0 Å². The number of methoxy groups -OCH3 is 2. The molecule has 0 spiro atoms. The summed E-state index contributed by atoms with van der Waals surface area (Å²) in [5.41, 5.74) is 0.950. The molecule has 0 bridgehead atoms. The number of rotatable bonds is 10. The van der Waals surface area contributed by atoms with Crippen molar-refractivity contribution in [1.82, 2.24) is 14.3 Å². The van der Waals surface area contributed by atoms with Gasteiger partial charge < -0.3 is 14.8 Å². The maximum Gasteiger partial charge on any atom is 0.243 e. The zero-order valence-corrected chi connectivity index (χ0v) is 21.6. The van der Waals surface area contributed by atoms with E-state index >= 15 is 0 Å². The number of amides is 1. The number of hydrogen-bond acceptors (Lipinski definition) is 7. The third kappa shape index (κ3) is 6.51. The lowest BCUT2D eigenvalue weighted by Crippen LogP contribution is -2.46. The van der Waals surface area contributed by atoms with Gasteiger partial charge in [-0.2, -0.15) is 4.31 Å². The summed E-state index contributed by atoms with van der Waals surface area (Å²) < 4.78 is 65.2. The summed E-state index contributed by atoms with van der Waals surface area (Å²) in [5.74, 6) is -0.132. The van der Waals surface area contributed by atoms with E-state index < -0.39 is 26.0 Å². The fourth-order valence-electron chi connectivity index (χ4n) is 3.82. The van der Waals surface area contributed by atoms with E-state index in [1.807, 2.05) is 6.92 Å². The van der Waals surface area contributed by atoms with Crippen LogP contribution in [0.4, 0.5) is 0 Å². The molecule has 0 radical (unpaired) electrons. The van der Waals surface area contributed by atoms with E-state index in [0.717, 1.165) is 5.56 Å². The first-order valence-corrected chi connectivity index (χ1v) is 14.1. The quantitative estimate of drug-likeness (QED) is 0.450. The third-order valence-corrected chi connectivity index (χ3v) is 9.13. The number of piperidine rings is 1. The van der Waals surface area contributed by atoms with Gasteiger partial charge in [0, 0.05) is 32.2 Å². The molecule has 35 heavy (non-hydrogen) atoms. The maximum atomic E-state index is 13.2. The van der Waals surface area contributed by atoms with Crippen molar-refractivity contribution in [2.24, 2.45) is 5.92 Å². The highest BCUT2D eigenvalue weighted by Gasteiger charge is 2.33. The Morgan fingerprint density at radius 3 is 2.29 bits per heavy atom. The first-order valence-electron chi connectivity index (χ1n) is 11.1. The molecule has 10 nitrogen and oxygen atoms in total. The van der Waals surface area contributed by atoms with Gasteiger partial charge in [0.05, 0.1) is 29.9 Å². The Labute approximate surface area is 206 Å². The SMILES string of the molecule is COc1ccc(S(=O)(=O)N2CCCC(C(=O)NCCNS(=O)(=O)c3ccc(C)cc3)C2)cc1OC. The lowest BCUT2D eigenvalue weighted by atomic mass is 9.99. The van der Waals surface area contributed by atoms with Gasteiger partial charge in [0.2, 0.25) is 26.0 Å². The first-order chi connectivity index (χ1) is 16.6. The van der Waals surface area contributed by atoms with Gasteiger partial charge in [-0.1, -0.05) is 17.7 Å². The number of nitrogens with zero attached hydrogens (tertiary/aromatic N) is 1. The Balaban J connectivity index is 1.56. The van der Waals surface area contributed by atoms with Crippen molar-refractivity contribution in [3.8, 4) is 11.5 Å². The van der Waals surface area contributed by atoms with E-state index in [-0.39, 0.29) is 35.3 Å². The molecule has 2 aromatic carbocycles. The maximum absolute atomic E-state index is 13.2. The lowest BCUT2D eigenvalue weighted by molar-refractivity contribution is -0.126. The molecule has 1 aliphatic rings. The molecule has 0 aliphatic carbocycles. The highest BCUT2D eigenvalue weighted by Crippen LogP contribution is 2.32. The Hall–Kier alpha value is -2.67. The number of carbonyl (C=O) groups excluding carboxylic acids is 1. The second-order valence-electron chi connectivity index (χ2n) is 8.22. The molecule has 3 rings (SSSR count). The van der Waals surface area contributed by atoms with E-state index in [0.29, 0.717) is 30.9 Å². The van der Waals surface area contributed by atoms with E-state index in [1.165, 1.54) is 48.9 Å². The van der Waals surface area contributed by atoms with Gasteiger partial charge in [-0.25, -0.2) is 21.6 Å².